The average Bonchev–Trinajstić information content (AvgIpc) is 2.93. The minimum absolute atomic E-state index is 0.123. The molecule has 6 heteroatoms. The first-order valence-corrected chi connectivity index (χ1v) is 8.80. The Labute approximate surface area is 151 Å². The summed E-state index contributed by atoms with van der Waals surface area (Å²) in [4.78, 5) is 12.9. The Hall–Kier alpha value is -2.10. The number of rotatable bonds is 3. The number of carbonyl (C=O) groups is 1. The SMILES string of the molecule is N#CC1=C(N)S[C@H](C(=O)c2ccccc2)[C@@H]1c1ccc(Br)c(F)c1. The highest BCUT2D eigenvalue weighted by atomic mass is 79.9. The van der Waals surface area contributed by atoms with Gasteiger partial charge in [0.25, 0.3) is 0 Å². The number of hydrogen-bond donors (Lipinski definition) is 1. The number of Topliss-reactive ketones (excluding diaryl/α,β-unsaturated/α-hetero) is 1. The molecule has 1 heterocycles. The van der Waals surface area contributed by atoms with E-state index < -0.39 is 17.0 Å². The second-order valence-electron chi connectivity index (χ2n) is 5.31. The summed E-state index contributed by atoms with van der Waals surface area (Å²) in [6.07, 6.45) is 0. The van der Waals surface area contributed by atoms with Gasteiger partial charge in [-0.1, -0.05) is 48.2 Å². The average molecular weight is 403 g/mol. The molecule has 3 rings (SSSR count). The monoisotopic (exact) mass is 402 g/mol. The van der Waals surface area contributed by atoms with E-state index in [-0.39, 0.29) is 5.78 Å². The minimum atomic E-state index is -0.581. The van der Waals surface area contributed by atoms with Crippen LogP contribution in [0, 0.1) is 17.1 Å². The van der Waals surface area contributed by atoms with Gasteiger partial charge in [-0.3, -0.25) is 4.79 Å². The number of hydrogen-bond acceptors (Lipinski definition) is 4. The fourth-order valence-electron chi connectivity index (χ4n) is 2.72. The molecule has 0 radical (unpaired) electrons. The lowest BCUT2D eigenvalue weighted by molar-refractivity contribution is 0.0985. The Morgan fingerprint density at radius 3 is 2.58 bits per heavy atom. The smallest absolute Gasteiger partial charge is 0.177 e. The third-order valence-electron chi connectivity index (χ3n) is 3.87. The Balaban J connectivity index is 2.05. The molecule has 24 heavy (non-hydrogen) atoms. The molecule has 0 saturated heterocycles. The number of halogens is 2. The molecule has 0 spiro atoms. The largest absolute Gasteiger partial charge is 0.393 e. The summed E-state index contributed by atoms with van der Waals surface area (Å²) in [5, 5.41) is 9.19. The van der Waals surface area contributed by atoms with Crippen molar-refractivity contribution in [2.24, 2.45) is 5.73 Å². The standard InChI is InChI=1S/C18H12BrFN2OS/c19-13-7-6-11(8-14(13)20)15-12(9-21)18(22)24-17(15)16(23)10-4-2-1-3-5-10/h1-8,15,17H,22H2/t15-,17+/m1/s1. The van der Waals surface area contributed by atoms with Gasteiger partial charge in [0.1, 0.15) is 5.82 Å². The number of benzene rings is 2. The molecule has 0 saturated carbocycles. The Morgan fingerprint density at radius 2 is 1.96 bits per heavy atom. The lowest BCUT2D eigenvalue weighted by Gasteiger charge is -2.19. The van der Waals surface area contributed by atoms with Crippen LogP contribution in [-0.4, -0.2) is 11.0 Å². The van der Waals surface area contributed by atoms with Gasteiger partial charge in [0.2, 0.25) is 0 Å². The highest BCUT2D eigenvalue weighted by Crippen LogP contribution is 2.47. The molecule has 2 aromatic rings. The zero-order valence-corrected chi connectivity index (χ0v) is 14.8. The first kappa shape index (κ1) is 16.7. The third kappa shape index (κ3) is 2.97. The van der Waals surface area contributed by atoms with E-state index in [0.29, 0.717) is 26.2 Å². The zero-order chi connectivity index (χ0) is 17.3. The first-order chi connectivity index (χ1) is 11.5. The van der Waals surface area contributed by atoms with E-state index >= 15 is 0 Å². The van der Waals surface area contributed by atoms with E-state index in [4.69, 9.17) is 5.73 Å². The second-order valence-corrected chi connectivity index (χ2v) is 7.35. The first-order valence-electron chi connectivity index (χ1n) is 7.13. The van der Waals surface area contributed by atoms with Crippen LogP contribution in [0.2, 0.25) is 0 Å². The Kier molecular flexibility index (Phi) is 4.74. The van der Waals surface area contributed by atoms with E-state index in [2.05, 4.69) is 22.0 Å². The molecule has 2 atom stereocenters. The topological polar surface area (TPSA) is 66.9 Å². The number of carbonyl (C=O) groups excluding carboxylic acids is 1. The summed E-state index contributed by atoms with van der Waals surface area (Å²) in [7, 11) is 0. The molecule has 2 aromatic carbocycles. The van der Waals surface area contributed by atoms with Crippen LogP contribution in [0.4, 0.5) is 4.39 Å². The molecule has 3 nitrogen and oxygen atoms in total. The Bertz CT molecular complexity index is 876. The van der Waals surface area contributed by atoms with Gasteiger partial charge in [-0.05, 0) is 33.6 Å². The van der Waals surface area contributed by atoms with Crippen LogP contribution in [-0.2, 0) is 0 Å². The summed E-state index contributed by atoms with van der Waals surface area (Å²) < 4.78 is 14.3. The highest BCUT2D eigenvalue weighted by molar-refractivity contribution is 9.10. The molecule has 0 unspecified atom stereocenters. The van der Waals surface area contributed by atoms with Gasteiger partial charge in [0.15, 0.2) is 5.78 Å². The molecule has 0 aromatic heterocycles. The second kappa shape index (κ2) is 6.80. The summed E-state index contributed by atoms with van der Waals surface area (Å²) in [5.74, 6) is -1.12. The molecule has 2 N–H and O–H groups in total. The van der Waals surface area contributed by atoms with Crippen molar-refractivity contribution >= 4 is 33.5 Å². The predicted octanol–water partition coefficient (Wildman–Crippen LogP) is 4.36. The molecular weight excluding hydrogens is 391 g/mol. The minimum Gasteiger partial charge on any atom is -0.393 e. The number of thioether (sulfide) groups is 1. The van der Waals surface area contributed by atoms with Crippen LogP contribution >= 0.6 is 27.7 Å². The fourth-order valence-corrected chi connectivity index (χ4v) is 4.21. The van der Waals surface area contributed by atoms with Gasteiger partial charge in [0.05, 0.1) is 26.4 Å². The van der Waals surface area contributed by atoms with Gasteiger partial charge >= 0.3 is 0 Å². The van der Waals surface area contributed by atoms with Crippen LogP contribution < -0.4 is 5.73 Å². The van der Waals surface area contributed by atoms with Crippen LogP contribution in [0.25, 0.3) is 0 Å². The van der Waals surface area contributed by atoms with Gasteiger partial charge in [0, 0.05) is 11.5 Å². The summed E-state index contributed by atoms with van der Waals surface area (Å²) in [6, 6.07) is 15.5. The molecular formula is C18H12BrFN2OS. The van der Waals surface area contributed by atoms with Crippen LogP contribution in [0.15, 0.2) is 63.6 Å². The lowest BCUT2D eigenvalue weighted by atomic mass is 9.86. The van der Waals surface area contributed by atoms with Crippen molar-refractivity contribution in [1.82, 2.24) is 0 Å². The highest BCUT2D eigenvalue weighted by Gasteiger charge is 2.41. The normalized spacial score (nSPS) is 20.0. The molecule has 0 bridgehead atoms. The van der Waals surface area contributed by atoms with E-state index in [1.165, 1.54) is 17.8 Å². The van der Waals surface area contributed by atoms with Gasteiger partial charge in [-0.2, -0.15) is 5.26 Å². The van der Waals surface area contributed by atoms with Crippen molar-refractivity contribution in [3.05, 3.63) is 80.5 Å². The summed E-state index contributed by atoms with van der Waals surface area (Å²) >= 11 is 4.28. The molecule has 1 aliphatic heterocycles. The van der Waals surface area contributed by atoms with Gasteiger partial charge in [-0.25, -0.2) is 4.39 Å². The summed E-state index contributed by atoms with van der Waals surface area (Å²) in [6.45, 7) is 0. The van der Waals surface area contributed by atoms with E-state index in [9.17, 15) is 14.4 Å². The lowest BCUT2D eigenvalue weighted by Crippen LogP contribution is -2.23. The maximum absolute atomic E-state index is 13.9. The van der Waals surface area contributed by atoms with Crippen molar-refractivity contribution in [3.8, 4) is 6.07 Å². The molecule has 0 amide bonds. The fraction of sp³-hybridized carbons (Fsp3) is 0.111. The molecule has 1 aliphatic rings. The van der Waals surface area contributed by atoms with Gasteiger partial charge in [-0.15, -0.1) is 0 Å². The quantitative estimate of drug-likeness (QED) is 0.774. The van der Waals surface area contributed by atoms with Crippen LogP contribution in [0.5, 0.6) is 0 Å². The molecule has 120 valence electrons. The van der Waals surface area contributed by atoms with Crippen molar-refractivity contribution in [3.63, 3.8) is 0 Å². The van der Waals surface area contributed by atoms with Crippen molar-refractivity contribution in [2.75, 3.05) is 0 Å². The van der Waals surface area contributed by atoms with Crippen LogP contribution in [0.1, 0.15) is 21.8 Å². The van der Waals surface area contributed by atoms with Crippen molar-refractivity contribution in [1.29, 1.82) is 5.26 Å². The van der Waals surface area contributed by atoms with E-state index in [1.54, 1.807) is 36.4 Å². The zero-order valence-electron chi connectivity index (χ0n) is 12.4. The number of nitrogens with zero attached hydrogens (tertiary/aromatic N) is 1. The number of allylic oxidation sites excluding steroid dienone is 1. The maximum Gasteiger partial charge on any atom is 0.177 e. The number of nitrogens with two attached hydrogens (primary N) is 1. The predicted molar refractivity (Wildman–Crippen MR) is 95.8 cm³/mol. The van der Waals surface area contributed by atoms with E-state index in [0.717, 1.165) is 0 Å². The third-order valence-corrected chi connectivity index (χ3v) is 5.73. The molecule has 0 aliphatic carbocycles. The van der Waals surface area contributed by atoms with Crippen molar-refractivity contribution in [2.45, 2.75) is 11.2 Å². The summed E-state index contributed by atoms with van der Waals surface area (Å²) in [5.41, 5.74) is 7.38. The van der Waals surface area contributed by atoms with E-state index in [1.807, 2.05) is 6.07 Å². The molecule has 0 fully saturated rings. The number of ketones is 1. The van der Waals surface area contributed by atoms with Crippen LogP contribution in [0.3, 0.4) is 0 Å². The van der Waals surface area contributed by atoms with Crippen molar-refractivity contribution < 1.29 is 9.18 Å². The number of nitriles is 1. The Morgan fingerprint density at radius 1 is 1.25 bits per heavy atom. The maximum atomic E-state index is 13.9. The van der Waals surface area contributed by atoms with Gasteiger partial charge < -0.3 is 5.73 Å².